The van der Waals surface area contributed by atoms with Gasteiger partial charge >= 0.3 is 12.4 Å². The van der Waals surface area contributed by atoms with E-state index in [9.17, 15) is 31.1 Å². The van der Waals surface area contributed by atoms with Gasteiger partial charge < -0.3 is 15.0 Å². The molecule has 3 N–H and O–H groups in total. The van der Waals surface area contributed by atoms with Gasteiger partial charge in [0, 0.05) is 18.8 Å². The molecule has 0 spiro atoms. The van der Waals surface area contributed by atoms with E-state index in [0.29, 0.717) is 44.4 Å². The number of rotatable bonds is 4. The molecule has 1 amide bonds. The number of thiocarbonyl (C=S) groups is 1. The number of halogens is 6. The first-order valence-electron chi connectivity index (χ1n) is 9.17. The summed E-state index contributed by atoms with van der Waals surface area (Å²) in [5.41, 5.74) is 0.710. The molecular formula is C16H16F6N8O2S. The highest BCUT2D eigenvalue weighted by Crippen LogP contribution is 2.37. The van der Waals surface area contributed by atoms with Crippen LogP contribution in [0, 0.1) is 0 Å². The van der Waals surface area contributed by atoms with E-state index in [1.807, 2.05) is 4.90 Å². The summed E-state index contributed by atoms with van der Waals surface area (Å²) in [6.07, 6.45) is -10.0. The second kappa shape index (κ2) is 9.74. The molecule has 0 atom stereocenters. The summed E-state index contributed by atoms with van der Waals surface area (Å²) in [5.74, 6) is -0.397. The highest BCUT2D eigenvalue weighted by Gasteiger charge is 2.37. The third kappa shape index (κ3) is 6.88. The molecule has 1 saturated heterocycles. The summed E-state index contributed by atoms with van der Waals surface area (Å²) in [4.78, 5) is 14.8. The lowest BCUT2D eigenvalue weighted by Crippen LogP contribution is -2.45. The number of amides is 1. The predicted octanol–water partition coefficient (Wildman–Crippen LogP) is 1.57. The van der Waals surface area contributed by atoms with Crippen LogP contribution in [0.15, 0.2) is 18.2 Å². The van der Waals surface area contributed by atoms with Crippen molar-refractivity contribution in [2.75, 3.05) is 36.5 Å². The summed E-state index contributed by atoms with van der Waals surface area (Å²) in [7, 11) is 0. The second-order valence-corrected chi connectivity index (χ2v) is 7.05. The van der Waals surface area contributed by atoms with Crippen molar-refractivity contribution < 1.29 is 35.9 Å². The summed E-state index contributed by atoms with van der Waals surface area (Å²) < 4.78 is 82.8. The van der Waals surface area contributed by atoms with Gasteiger partial charge in [0.2, 0.25) is 0 Å². The minimum atomic E-state index is -5.01. The SMILES string of the molecule is O=C(Cn1nnc(N2CCOCC2)n1)NNC(=S)Nc1cc(C(F)(F)F)cc(C(F)(F)F)c1. The normalized spacial score (nSPS) is 14.7. The van der Waals surface area contributed by atoms with E-state index in [0.717, 1.165) is 4.80 Å². The van der Waals surface area contributed by atoms with Crippen LogP contribution in [0.2, 0.25) is 0 Å². The zero-order chi connectivity index (χ0) is 24.2. The number of tetrazole rings is 1. The average molecular weight is 498 g/mol. The molecule has 0 bridgehead atoms. The smallest absolute Gasteiger partial charge is 0.378 e. The summed E-state index contributed by atoms with van der Waals surface area (Å²) in [6, 6.07) is 0.898. The summed E-state index contributed by atoms with van der Waals surface area (Å²) in [6.45, 7) is 1.74. The van der Waals surface area contributed by atoms with Gasteiger partial charge in [0.15, 0.2) is 5.11 Å². The number of anilines is 2. The Morgan fingerprint density at radius 2 is 1.64 bits per heavy atom. The highest BCUT2D eigenvalue weighted by molar-refractivity contribution is 7.80. The highest BCUT2D eigenvalue weighted by atomic mass is 32.1. The third-order valence-electron chi connectivity index (χ3n) is 4.18. The van der Waals surface area contributed by atoms with Crippen molar-refractivity contribution >= 4 is 34.9 Å². The zero-order valence-corrected chi connectivity index (χ0v) is 17.3. The maximum atomic E-state index is 12.9. The van der Waals surface area contributed by atoms with Crippen LogP contribution in [0.4, 0.5) is 38.0 Å². The number of ether oxygens (including phenoxy) is 1. The molecule has 10 nitrogen and oxygen atoms in total. The lowest BCUT2D eigenvalue weighted by atomic mass is 10.1. The molecule has 1 aromatic carbocycles. The number of hydrazine groups is 1. The minimum absolute atomic E-state index is 0.0142. The largest absolute Gasteiger partial charge is 0.416 e. The molecule has 0 aliphatic carbocycles. The van der Waals surface area contributed by atoms with Crippen LogP contribution >= 0.6 is 12.2 Å². The van der Waals surface area contributed by atoms with Gasteiger partial charge in [0.05, 0.1) is 24.3 Å². The number of hydrogen-bond donors (Lipinski definition) is 3. The van der Waals surface area contributed by atoms with Crippen LogP contribution in [0.3, 0.4) is 0 Å². The molecular weight excluding hydrogens is 482 g/mol. The van der Waals surface area contributed by atoms with Gasteiger partial charge in [-0.25, -0.2) is 0 Å². The molecule has 33 heavy (non-hydrogen) atoms. The van der Waals surface area contributed by atoms with Gasteiger partial charge in [-0.3, -0.25) is 15.6 Å². The Balaban J connectivity index is 1.56. The molecule has 17 heteroatoms. The Morgan fingerprint density at radius 1 is 1.03 bits per heavy atom. The van der Waals surface area contributed by atoms with Crippen LogP contribution < -0.4 is 21.1 Å². The van der Waals surface area contributed by atoms with E-state index < -0.39 is 40.2 Å². The number of carbonyl (C=O) groups is 1. The number of aromatic nitrogens is 4. The van der Waals surface area contributed by atoms with Gasteiger partial charge in [-0.15, -0.1) is 5.10 Å². The van der Waals surface area contributed by atoms with Crippen LogP contribution in [-0.2, 0) is 28.4 Å². The van der Waals surface area contributed by atoms with E-state index in [-0.39, 0.29) is 12.6 Å². The number of nitrogens with zero attached hydrogens (tertiary/aromatic N) is 5. The average Bonchev–Trinajstić information content (AvgIpc) is 3.20. The van der Waals surface area contributed by atoms with Crippen LogP contribution in [0.1, 0.15) is 11.1 Å². The van der Waals surface area contributed by atoms with Crippen molar-refractivity contribution in [2.24, 2.45) is 0 Å². The Hall–Kier alpha value is -3.21. The number of alkyl halides is 6. The first-order chi connectivity index (χ1) is 15.4. The molecule has 0 radical (unpaired) electrons. The molecule has 0 unspecified atom stereocenters. The predicted molar refractivity (Wildman–Crippen MR) is 105 cm³/mol. The number of morpholine rings is 1. The monoisotopic (exact) mass is 498 g/mol. The van der Waals surface area contributed by atoms with E-state index >= 15 is 0 Å². The fourth-order valence-electron chi connectivity index (χ4n) is 2.68. The number of benzene rings is 1. The fraction of sp³-hybridized carbons (Fsp3) is 0.438. The number of hydrogen-bond acceptors (Lipinski definition) is 7. The lowest BCUT2D eigenvalue weighted by Gasteiger charge is -2.24. The standard InChI is InChI=1S/C16H16F6N8O2S/c17-15(18,19)9-5-10(16(20,21)22)7-11(6-9)23-14(33)26-24-12(31)8-30-27-13(25-28-30)29-1-3-32-4-2-29/h5-7H,1-4,8H2,(H,24,31)(H2,23,26,33). The van der Waals surface area contributed by atoms with E-state index in [2.05, 4.69) is 31.6 Å². The molecule has 180 valence electrons. The van der Waals surface area contributed by atoms with Crippen molar-refractivity contribution in [3.63, 3.8) is 0 Å². The Labute approximate surface area is 187 Å². The maximum absolute atomic E-state index is 12.9. The molecule has 2 aromatic rings. The molecule has 3 rings (SSSR count). The Morgan fingerprint density at radius 3 is 2.21 bits per heavy atom. The Bertz CT molecular complexity index is 973. The van der Waals surface area contributed by atoms with Gasteiger partial charge in [0.25, 0.3) is 11.9 Å². The van der Waals surface area contributed by atoms with Crippen molar-refractivity contribution in [2.45, 2.75) is 18.9 Å². The zero-order valence-electron chi connectivity index (χ0n) is 16.5. The molecule has 1 fully saturated rings. The van der Waals surface area contributed by atoms with Crippen LogP contribution in [-0.4, -0.2) is 57.5 Å². The number of carbonyl (C=O) groups excluding carboxylic acids is 1. The fourth-order valence-corrected chi connectivity index (χ4v) is 2.84. The van der Waals surface area contributed by atoms with Gasteiger partial charge in [-0.1, -0.05) is 5.10 Å². The molecule has 1 aliphatic rings. The van der Waals surface area contributed by atoms with Gasteiger partial charge in [-0.05, 0) is 35.6 Å². The van der Waals surface area contributed by atoms with E-state index in [1.54, 1.807) is 0 Å². The summed E-state index contributed by atoms with van der Waals surface area (Å²) in [5, 5.41) is 13.3. The number of nitrogens with one attached hydrogen (secondary N) is 3. The first-order valence-corrected chi connectivity index (χ1v) is 9.58. The Kier molecular flexibility index (Phi) is 7.21. The van der Waals surface area contributed by atoms with Crippen molar-refractivity contribution in [1.82, 2.24) is 31.1 Å². The van der Waals surface area contributed by atoms with E-state index in [1.165, 1.54) is 0 Å². The van der Waals surface area contributed by atoms with Gasteiger partial charge in [0.1, 0.15) is 6.54 Å². The van der Waals surface area contributed by atoms with Crippen molar-refractivity contribution in [3.05, 3.63) is 29.3 Å². The second-order valence-electron chi connectivity index (χ2n) is 6.64. The maximum Gasteiger partial charge on any atom is 0.416 e. The topological polar surface area (TPSA) is 109 Å². The van der Waals surface area contributed by atoms with Crippen LogP contribution in [0.5, 0.6) is 0 Å². The molecule has 0 saturated carbocycles. The molecule has 1 aromatic heterocycles. The third-order valence-corrected chi connectivity index (χ3v) is 4.39. The van der Waals surface area contributed by atoms with Gasteiger partial charge in [-0.2, -0.15) is 31.1 Å². The quantitative estimate of drug-likeness (QED) is 0.329. The lowest BCUT2D eigenvalue weighted by molar-refractivity contribution is -0.143. The van der Waals surface area contributed by atoms with Crippen molar-refractivity contribution in [1.29, 1.82) is 0 Å². The van der Waals surface area contributed by atoms with Crippen LogP contribution in [0.25, 0.3) is 0 Å². The molecule has 2 heterocycles. The van der Waals surface area contributed by atoms with E-state index in [4.69, 9.17) is 17.0 Å². The minimum Gasteiger partial charge on any atom is -0.378 e. The molecule has 1 aliphatic heterocycles. The summed E-state index contributed by atoms with van der Waals surface area (Å²) >= 11 is 4.81. The van der Waals surface area contributed by atoms with Crippen molar-refractivity contribution in [3.8, 4) is 0 Å². The first kappa shape index (κ1) is 24.4.